The van der Waals surface area contributed by atoms with Gasteiger partial charge in [-0.2, -0.15) is 13.2 Å². The minimum atomic E-state index is -4.90. The molecule has 1 fully saturated rings. The van der Waals surface area contributed by atoms with Crippen molar-refractivity contribution in [1.29, 1.82) is 0 Å². The summed E-state index contributed by atoms with van der Waals surface area (Å²) in [4.78, 5) is 12.2. The Kier molecular flexibility index (Phi) is 6.59. The third-order valence-electron chi connectivity index (χ3n) is 4.08. The summed E-state index contributed by atoms with van der Waals surface area (Å²) < 4.78 is 47.5. The van der Waals surface area contributed by atoms with Crippen LogP contribution in [0.3, 0.4) is 0 Å². The minimum Gasteiger partial charge on any atom is -0.431 e. The quantitative estimate of drug-likeness (QED) is 0.447. The van der Waals surface area contributed by atoms with Crippen LogP contribution in [0.5, 0.6) is 0 Å². The number of hydrogen-bond acceptors (Lipinski definition) is 3. The Hall–Kier alpha value is -1.71. The van der Waals surface area contributed by atoms with E-state index in [1.807, 2.05) is 0 Å². The summed E-state index contributed by atoms with van der Waals surface area (Å²) in [5, 5.41) is 2.96. The van der Waals surface area contributed by atoms with E-state index in [1.54, 1.807) is 7.05 Å². The molecule has 0 spiro atoms. The predicted molar refractivity (Wildman–Crippen MR) is 93.7 cm³/mol. The van der Waals surface area contributed by atoms with E-state index in [0.29, 0.717) is 18.5 Å². The van der Waals surface area contributed by atoms with Gasteiger partial charge in [0, 0.05) is 22.9 Å². The number of alkyl halides is 3. The van der Waals surface area contributed by atoms with Crippen molar-refractivity contribution in [2.24, 2.45) is 5.92 Å². The number of carbonyl (C=O) groups excluding carboxylic acids is 1. The Morgan fingerprint density at radius 3 is 2.65 bits per heavy atom. The zero-order chi connectivity index (χ0) is 19.4. The van der Waals surface area contributed by atoms with Crippen molar-refractivity contribution in [3.05, 3.63) is 34.3 Å². The van der Waals surface area contributed by atoms with Crippen molar-refractivity contribution >= 4 is 17.6 Å². The highest BCUT2D eigenvalue weighted by molar-refractivity contribution is 6.30. The molecule has 0 radical (unpaired) electrons. The third kappa shape index (κ3) is 4.93. The Labute approximate surface area is 156 Å². The number of nitrogens with one attached hydrogen (secondary N) is 1. The van der Waals surface area contributed by atoms with Gasteiger partial charge in [0.25, 0.3) is 5.60 Å². The SMILES string of the molecule is CNCCCC(=O)OC(C#CC1CC1)(c1cc(Cl)ccc1C)C(F)(F)F. The summed E-state index contributed by atoms with van der Waals surface area (Å²) in [6, 6.07) is 4.13. The predicted octanol–water partition coefficient (Wildman–Crippen LogP) is 4.36. The first-order valence-electron chi connectivity index (χ1n) is 8.42. The average molecular weight is 388 g/mol. The highest BCUT2D eigenvalue weighted by Crippen LogP contribution is 2.45. The highest BCUT2D eigenvalue weighted by atomic mass is 35.5. The van der Waals surface area contributed by atoms with Crippen molar-refractivity contribution in [3.63, 3.8) is 0 Å². The number of rotatable bonds is 6. The molecule has 0 bridgehead atoms. The number of halogens is 4. The fourth-order valence-electron chi connectivity index (χ4n) is 2.47. The van der Waals surface area contributed by atoms with Crippen molar-refractivity contribution in [1.82, 2.24) is 5.32 Å². The van der Waals surface area contributed by atoms with Crippen molar-refractivity contribution in [2.45, 2.75) is 44.4 Å². The zero-order valence-electron chi connectivity index (χ0n) is 14.7. The van der Waals surface area contributed by atoms with Crippen LogP contribution in [0.1, 0.15) is 36.8 Å². The second-order valence-corrected chi connectivity index (χ2v) is 6.80. The van der Waals surface area contributed by atoms with Crippen LogP contribution in [-0.2, 0) is 15.1 Å². The van der Waals surface area contributed by atoms with E-state index in [2.05, 4.69) is 17.2 Å². The Balaban J connectivity index is 2.49. The number of hydrogen-bond donors (Lipinski definition) is 1. The van der Waals surface area contributed by atoms with Gasteiger partial charge in [0.15, 0.2) is 0 Å². The van der Waals surface area contributed by atoms with Gasteiger partial charge >= 0.3 is 12.1 Å². The molecule has 0 aromatic heterocycles. The Morgan fingerprint density at radius 1 is 1.38 bits per heavy atom. The lowest BCUT2D eigenvalue weighted by atomic mass is 9.89. The summed E-state index contributed by atoms with van der Waals surface area (Å²) in [7, 11) is 1.70. The molecule has 1 aliphatic carbocycles. The summed E-state index contributed by atoms with van der Waals surface area (Å²) in [6.07, 6.45) is -3.16. The molecule has 7 heteroatoms. The fourth-order valence-corrected chi connectivity index (χ4v) is 2.64. The second kappa shape index (κ2) is 8.32. The van der Waals surface area contributed by atoms with Crippen LogP contribution in [0.4, 0.5) is 13.2 Å². The molecule has 0 heterocycles. The third-order valence-corrected chi connectivity index (χ3v) is 4.32. The maximum Gasteiger partial charge on any atom is 0.445 e. The molecule has 2 rings (SSSR count). The maximum absolute atomic E-state index is 14.2. The molecule has 1 aromatic carbocycles. The summed E-state index contributed by atoms with van der Waals surface area (Å²) >= 11 is 5.92. The summed E-state index contributed by atoms with van der Waals surface area (Å²) in [5.41, 5.74) is -2.95. The average Bonchev–Trinajstić information content (AvgIpc) is 3.37. The molecule has 1 aliphatic rings. The number of aryl methyl sites for hydroxylation is 1. The number of benzene rings is 1. The van der Waals surface area contributed by atoms with Gasteiger partial charge in [0.1, 0.15) is 0 Å². The Morgan fingerprint density at radius 2 is 2.08 bits per heavy atom. The van der Waals surface area contributed by atoms with E-state index in [4.69, 9.17) is 16.3 Å². The number of carbonyl (C=O) groups is 1. The van der Waals surface area contributed by atoms with Gasteiger partial charge in [-0.3, -0.25) is 4.79 Å². The molecule has 1 atom stereocenters. The van der Waals surface area contributed by atoms with Crippen molar-refractivity contribution in [3.8, 4) is 11.8 Å². The molecule has 1 aromatic rings. The first-order chi connectivity index (χ1) is 12.2. The van der Waals surface area contributed by atoms with Gasteiger partial charge in [-0.1, -0.05) is 23.6 Å². The van der Waals surface area contributed by atoms with E-state index < -0.39 is 17.7 Å². The van der Waals surface area contributed by atoms with E-state index >= 15 is 0 Å². The smallest absolute Gasteiger partial charge is 0.431 e. The van der Waals surface area contributed by atoms with Crippen LogP contribution in [0, 0.1) is 24.7 Å². The van der Waals surface area contributed by atoms with Crippen molar-refractivity contribution in [2.75, 3.05) is 13.6 Å². The lowest BCUT2D eigenvalue weighted by Gasteiger charge is -2.32. The molecule has 1 unspecified atom stereocenters. The standard InChI is InChI=1S/C19H21ClF3NO2/c1-13-5-8-15(20)12-16(13)18(19(21,22)23,10-9-14-6-7-14)26-17(25)4-3-11-24-2/h5,8,12,14,24H,3-4,6-7,11H2,1-2H3. The van der Waals surface area contributed by atoms with E-state index in [0.717, 1.165) is 12.8 Å². The molecular formula is C19H21ClF3NO2. The van der Waals surface area contributed by atoms with Crippen LogP contribution in [0.15, 0.2) is 18.2 Å². The molecule has 3 nitrogen and oxygen atoms in total. The van der Waals surface area contributed by atoms with E-state index in [9.17, 15) is 18.0 Å². The van der Waals surface area contributed by atoms with Gasteiger partial charge in [0.2, 0.25) is 0 Å². The van der Waals surface area contributed by atoms with Crippen LogP contribution in [0.25, 0.3) is 0 Å². The highest BCUT2D eigenvalue weighted by Gasteiger charge is 2.60. The number of esters is 1. The molecule has 0 amide bonds. The topological polar surface area (TPSA) is 38.3 Å². The molecule has 1 saturated carbocycles. The molecule has 142 valence electrons. The lowest BCUT2D eigenvalue weighted by Crippen LogP contribution is -2.46. The molecule has 0 aliphatic heterocycles. The summed E-state index contributed by atoms with van der Waals surface area (Å²) in [5.74, 6) is 3.84. The number of ether oxygens (including phenoxy) is 1. The molecule has 1 N–H and O–H groups in total. The van der Waals surface area contributed by atoms with E-state index in [-0.39, 0.29) is 22.9 Å². The van der Waals surface area contributed by atoms with Crippen molar-refractivity contribution < 1.29 is 22.7 Å². The van der Waals surface area contributed by atoms with Gasteiger partial charge in [0.05, 0.1) is 0 Å². The van der Waals surface area contributed by atoms with Gasteiger partial charge in [-0.05, 0) is 63.4 Å². The molecule has 26 heavy (non-hydrogen) atoms. The van der Waals surface area contributed by atoms with Crippen LogP contribution >= 0.6 is 11.6 Å². The van der Waals surface area contributed by atoms with Crippen LogP contribution in [0.2, 0.25) is 5.02 Å². The Bertz CT molecular complexity index is 720. The maximum atomic E-state index is 14.2. The van der Waals surface area contributed by atoms with Gasteiger partial charge in [-0.25, -0.2) is 0 Å². The molecular weight excluding hydrogens is 367 g/mol. The second-order valence-electron chi connectivity index (χ2n) is 6.36. The van der Waals surface area contributed by atoms with Gasteiger partial charge < -0.3 is 10.1 Å². The first kappa shape index (κ1) is 20.6. The van der Waals surface area contributed by atoms with Crippen LogP contribution < -0.4 is 5.32 Å². The minimum absolute atomic E-state index is 0.0841. The molecule has 0 saturated heterocycles. The fraction of sp³-hybridized carbons (Fsp3) is 0.526. The van der Waals surface area contributed by atoms with Gasteiger partial charge in [-0.15, -0.1) is 0 Å². The normalized spacial score (nSPS) is 16.4. The largest absolute Gasteiger partial charge is 0.445 e. The first-order valence-corrected chi connectivity index (χ1v) is 8.80. The van der Waals surface area contributed by atoms with E-state index in [1.165, 1.54) is 25.1 Å². The lowest BCUT2D eigenvalue weighted by molar-refractivity contribution is -0.253. The zero-order valence-corrected chi connectivity index (χ0v) is 15.4. The summed E-state index contributed by atoms with van der Waals surface area (Å²) in [6.45, 7) is 2.01. The monoisotopic (exact) mass is 387 g/mol. The van der Waals surface area contributed by atoms with Crippen LogP contribution in [-0.4, -0.2) is 25.7 Å².